The van der Waals surface area contributed by atoms with Gasteiger partial charge in [-0.25, -0.2) is 4.98 Å². The van der Waals surface area contributed by atoms with Crippen molar-refractivity contribution in [2.45, 2.75) is 23.8 Å². The van der Waals surface area contributed by atoms with Gasteiger partial charge in [-0.15, -0.1) is 0 Å². The maximum atomic E-state index is 4.29. The number of rotatable bonds is 2. The molecule has 0 aliphatic carbocycles. The van der Waals surface area contributed by atoms with E-state index < -0.39 is 0 Å². The monoisotopic (exact) mass is 295 g/mol. The quantitative estimate of drug-likeness (QED) is 0.771. The van der Waals surface area contributed by atoms with E-state index in [0.717, 1.165) is 9.50 Å². The third kappa shape index (κ3) is 4.37. The van der Waals surface area contributed by atoms with E-state index in [1.54, 1.807) is 11.8 Å². The summed E-state index contributed by atoms with van der Waals surface area (Å²) in [6.45, 7) is 4.00. The Bertz CT molecular complexity index is 400. The van der Waals surface area contributed by atoms with E-state index in [2.05, 4.69) is 33.0 Å². The first-order valence-electron chi connectivity index (χ1n) is 5.19. The maximum Gasteiger partial charge on any atom is 0.101 e. The van der Waals surface area contributed by atoms with Gasteiger partial charge in [-0.3, -0.25) is 0 Å². The second-order valence-electron chi connectivity index (χ2n) is 2.73. The van der Waals surface area contributed by atoms with Crippen LogP contribution in [0.5, 0.6) is 0 Å². The van der Waals surface area contributed by atoms with Gasteiger partial charge >= 0.3 is 0 Å². The Morgan fingerprint density at radius 1 is 1.00 bits per heavy atom. The molecule has 0 radical (unpaired) electrons. The van der Waals surface area contributed by atoms with Crippen molar-refractivity contribution in [3.05, 3.63) is 53.1 Å². The van der Waals surface area contributed by atoms with E-state index in [4.69, 9.17) is 0 Å². The van der Waals surface area contributed by atoms with Crippen molar-refractivity contribution in [1.29, 1.82) is 0 Å². The fourth-order valence-electron chi connectivity index (χ4n) is 1.03. The summed E-state index contributed by atoms with van der Waals surface area (Å²) < 4.78 is 1.01. The van der Waals surface area contributed by atoms with Crippen LogP contribution in [0.4, 0.5) is 0 Å². The lowest BCUT2D eigenvalue weighted by molar-refractivity contribution is 1.12. The molecule has 1 aromatic heterocycles. The van der Waals surface area contributed by atoms with Crippen molar-refractivity contribution >= 4 is 27.7 Å². The number of aromatic nitrogens is 1. The van der Waals surface area contributed by atoms with Crippen LogP contribution in [0.25, 0.3) is 0 Å². The molecule has 0 saturated carbocycles. The lowest BCUT2D eigenvalue weighted by Crippen LogP contribution is -1.78. The molecular formula is C13H14BrNS. The summed E-state index contributed by atoms with van der Waals surface area (Å²) in [6, 6.07) is 14.2. The summed E-state index contributed by atoms with van der Waals surface area (Å²) in [7, 11) is 0. The van der Waals surface area contributed by atoms with Gasteiger partial charge in [-0.05, 0) is 40.2 Å². The molecule has 1 aromatic carbocycles. The molecule has 0 bridgehead atoms. The highest BCUT2D eigenvalue weighted by Crippen LogP contribution is 2.25. The lowest BCUT2D eigenvalue weighted by Gasteiger charge is -1.99. The molecule has 3 heteroatoms. The van der Waals surface area contributed by atoms with Gasteiger partial charge < -0.3 is 0 Å². The fourth-order valence-corrected chi connectivity index (χ4v) is 2.04. The van der Waals surface area contributed by atoms with Crippen LogP contribution in [0.3, 0.4) is 0 Å². The molecule has 16 heavy (non-hydrogen) atoms. The molecule has 0 aliphatic rings. The topological polar surface area (TPSA) is 12.9 Å². The molecule has 0 unspecified atom stereocenters. The van der Waals surface area contributed by atoms with Crippen LogP contribution in [0.1, 0.15) is 13.8 Å². The SMILES string of the molecule is Brc1ccc(Sc2ccccc2)nc1.CC. The Labute approximate surface area is 109 Å². The van der Waals surface area contributed by atoms with Gasteiger partial charge in [-0.1, -0.05) is 43.8 Å². The van der Waals surface area contributed by atoms with Gasteiger partial charge in [-0.2, -0.15) is 0 Å². The summed E-state index contributed by atoms with van der Waals surface area (Å²) >= 11 is 5.02. The number of halogens is 1. The Morgan fingerprint density at radius 2 is 1.69 bits per heavy atom. The molecule has 0 aliphatic heterocycles. The van der Waals surface area contributed by atoms with Crippen LogP contribution in [0.15, 0.2) is 63.1 Å². The standard InChI is InChI=1S/C11H8BrNS.C2H6/c12-9-6-7-11(13-8-9)14-10-4-2-1-3-5-10;1-2/h1-8H;1-2H3. The Morgan fingerprint density at radius 3 is 2.25 bits per heavy atom. The van der Waals surface area contributed by atoms with E-state index in [-0.39, 0.29) is 0 Å². The largest absolute Gasteiger partial charge is 0.248 e. The molecule has 1 nitrogen and oxygen atoms in total. The van der Waals surface area contributed by atoms with Crippen LogP contribution in [0.2, 0.25) is 0 Å². The molecule has 0 N–H and O–H groups in total. The highest BCUT2D eigenvalue weighted by Gasteiger charge is 1.96. The van der Waals surface area contributed by atoms with Crippen LogP contribution in [-0.4, -0.2) is 4.98 Å². The number of pyridine rings is 1. The summed E-state index contributed by atoms with van der Waals surface area (Å²) in [5.41, 5.74) is 0. The van der Waals surface area contributed by atoms with Crippen LogP contribution >= 0.6 is 27.7 Å². The van der Waals surface area contributed by atoms with Gasteiger partial charge in [0.05, 0.1) is 0 Å². The minimum atomic E-state index is 1.01. The average Bonchev–Trinajstić information content (AvgIpc) is 2.36. The first-order chi connectivity index (χ1) is 7.84. The van der Waals surface area contributed by atoms with Crippen molar-refractivity contribution in [1.82, 2.24) is 4.98 Å². The molecule has 2 aromatic rings. The highest BCUT2D eigenvalue weighted by atomic mass is 79.9. The minimum absolute atomic E-state index is 1.01. The Kier molecular flexibility index (Phi) is 6.19. The zero-order valence-corrected chi connectivity index (χ0v) is 11.8. The zero-order chi connectivity index (χ0) is 11.8. The average molecular weight is 296 g/mol. The molecule has 0 amide bonds. The zero-order valence-electron chi connectivity index (χ0n) is 9.35. The molecule has 84 valence electrons. The summed E-state index contributed by atoms with van der Waals surface area (Å²) in [6.07, 6.45) is 1.81. The molecule has 2 rings (SSSR count). The molecule has 0 atom stereocenters. The molecule has 1 heterocycles. The number of hydrogen-bond acceptors (Lipinski definition) is 2. The fraction of sp³-hybridized carbons (Fsp3) is 0.154. The molecule has 0 fully saturated rings. The smallest absolute Gasteiger partial charge is 0.101 e. The van der Waals surface area contributed by atoms with Crippen LogP contribution < -0.4 is 0 Å². The number of nitrogens with zero attached hydrogens (tertiary/aromatic N) is 1. The van der Waals surface area contributed by atoms with Crippen molar-refractivity contribution in [2.24, 2.45) is 0 Å². The first kappa shape index (κ1) is 13.3. The third-order valence-electron chi connectivity index (χ3n) is 1.67. The lowest BCUT2D eigenvalue weighted by atomic mass is 10.4. The third-order valence-corrected chi connectivity index (χ3v) is 3.09. The van der Waals surface area contributed by atoms with Gasteiger partial charge in [0, 0.05) is 15.6 Å². The Balaban J connectivity index is 0.000000606. The normalized spacial score (nSPS) is 9.19. The highest BCUT2D eigenvalue weighted by molar-refractivity contribution is 9.10. The first-order valence-corrected chi connectivity index (χ1v) is 6.80. The predicted octanol–water partition coefficient (Wildman–Crippen LogP) is 5.02. The molecule has 0 saturated heterocycles. The van der Waals surface area contributed by atoms with Gasteiger partial charge in [0.1, 0.15) is 5.03 Å². The minimum Gasteiger partial charge on any atom is -0.248 e. The van der Waals surface area contributed by atoms with Gasteiger partial charge in [0.15, 0.2) is 0 Å². The number of benzene rings is 1. The van der Waals surface area contributed by atoms with E-state index in [0.29, 0.717) is 0 Å². The Hall–Kier alpha value is -0.800. The summed E-state index contributed by atoms with van der Waals surface area (Å²) in [4.78, 5) is 5.50. The predicted molar refractivity (Wildman–Crippen MR) is 73.9 cm³/mol. The van der Waals surface area contributed by atoms with Crippen molar-refractivity contribution in [2.75, 3.05) is 0 Å². The maximum absolute atomic E-state index is 4.29. The van der Waals surface area contributed by atoms with Gasteiger partial charge in [0.2, 0.25) is 0 Å². The van der Waals surface area contributed by atoms with Crippen molar-refractivity contribution < 1.29 is 0 Å². The number of hydrogen-bond donors (Lipinski definition) is 0. The molecule has 0 spiro atoms. The second kappa shape index (κ2) is 7.47. The van der Waals surface area contributed by atoms with E-state index in [9.17, 15) is 0 Å². The van der Waals surface area contributed by atoms with E-state index in [1.807, 2.05) is 50.4 Å². The second-order valence-corrected chi connectivity index (χ2v) is 4.74. The van der Waals surface area contributed by atoms with E-state index >= 15 is 0 Å². The van der Waals surface area contributed by atoms with Gasteiger partial charge in [0.25, 0.3) is 0 Å². The van der Waals surface area contributed by atoms with Crippen LogP contribution in [-0.2, 0) is 0 Å². The molecular weight excluding hydrogens is 282 g/mol. The van der Waals surface area contributed by atoms with Crippen molar-refractivity contribution in [3.63, 3.8) is 0 Å². The summed E-state index contributed by atoms with van der Waals surface area (Å²) in [5, 5.41) is 1.01. The van der Waals surface area contributed by atoms with E-state index in [1.165, 1.54) is 4.90 Å². The van der Waals surface area contributed by atoms with Crippen molar-refractivity contribution in [3.8, 4) is 0 Å². The summed E-state index contributed by atoms with van der Waals surface area (Å²) in [5.74, 6) is 0. The van der Waals surface area contributed by atoms with Crippen LogP contribution in [0, 0.1) is 0 Å².